The van der Waals surface area contributed by atoms with Gasteiger partial charge in [-0.25, -0.2) is 0 Å². The number of Topliss-reactive ketones (excluding diaryl/α,β-unsaturated/α-hetero) is 1. The molecule has 1 aromatic rings. The third-order valence-corrected chi connectivity index (χ3v) is 2.61. The lowest BCUT2D eigenvalue weighted by atomic mass is 10.0. The van der Waals surface area contributed by atoms with Gasteiger partial charge in [0.05, 0.1) is 12.4 Å². The standard InChI is InChI=1S/C13H20O3/c1-2-3-4-5-7-11(14)10-12(15)13-8-6-9-16-13/h6,8-9,11,14H,2-5,7,10H2,1H3. The monoisotopic (exact) mass is 224 g/mol. The summed E-state index contributed by atoms with van der Waals surface area (Å²) < 4.78 is 4.98. The second-order valence-corrected chi connectivity index (χ2v) is 4.11. The maximum atomic E-state index is 11.6. The van der Waals surface area contributed by atoms with E-state index in [1.165, 1.54) is 19.1 Å². The summed E-state index contributed by atoms with van der Waals surface area (Å²) in [4.78, 5) is 11.6. The number of rotatable bonds is 8. The average molecular weight is 224 g/mol. The summed E-state index contributed by atoms with van der Waals surface area (Å²) in [5.41, 5.74) is 0. The number of aliphatic hydroxyl groups excluding tert-OH is 1. The molecule has 0 radical (unpaired) electrons. The predicted octanol–water partition coefficient (Wildman–Crippen LogP) is 3.18. The first-order valence-corrected chi connectivity index (χ1v) is 5.98. The quantitative estimate of drug-likeness (QED) is 0.545. The number of carbonyl (C=O) groups is 1. The van der Waals surface area contributed by atoms with Crippen LogP contribution in [0, 0.1) is 0 Å². The molecule has 0 spiro atoms. The Hall–Kier alpha value is -1.09. The molecule has 0 amide bonds. The summed E-state index contributed by atoms with van der Waals surface area (Å²) in [6.45, 7) is 2.15. The van der Waals surface area contributed by atoms with E-state index in [9.17, 15) is 9.90 Å². The van der Waals surface area contributed by atoms with Crippen LogP contribution in [0.25, 0.3) is 0 Å². The summed E-state index contributed by atoms with van der Waals surface area (Å²) >= 11 is 0. The molecule has 0 aromatic carbocycles. The molecule has 0 saturated heterocycles. The number of hydrogen-bond acceptors (Lipinski definition) is 3. The van der Waals surface area contributed by atoms with E-state index in [0.717, 1.165) is 12.8 Å². The van der Waals surface area contributed by atoms with Crippen LogP contribution in [0.2, 0.25) is 0 Å². The Morgan fingerprint density at radius 2 is 2.25 bits per heavy atom. The van der Waals surface area contributed by atoms with Gasteiger partial charge in [-0.3, -0.25) is 4.79 Å². The summed E-state index contributed by atoms with van der Waals surface area (Å²) in [7, 11) is 0. The molecule has 0 aliphatic heterocycles. The van der Waals surface area contributed by atoms with Gasteiger partial charge in [-0.15, -0.1) is 0 Å². The molecule has 16 heavy (non-hydrogen) atoms. The molecule has 1 aromatic heterocycles. The number of hydrogen-bond donors (Lipinski definition) is 1. The van der Waals surface area contributed by atoms with Crippen molar-refractivity contribution in [1.29, 1.82) is 0 Å². The molecule has 90 valence electrons. The smallest absolute Gasteiger partial charge is 0.200 e. The van der Waals surface area contributed by atoms with Crippen LogP contribution in [0.4, 0.5) is 0 Å². The van der Waals surface area contributed by atoms with Crippen molar-refractivity contribution < 1.29 is 14.3 Å². The Balaban J connectivity index is 2.19. The number of aliphatic hydroxyl groups is 1. The van der Waals surface area contributed by atoms with Gasteiger partial charge in [0.15, 0.2) is 5.76 Å². The van der Waals surface area contributed by atoms with Crippen molar-refractivity contribution in [2.75, 3.05) is 0 Å². The normalized spacial score (nSPS) is 12.6. The van der Waals surface area contributed by atoms with Crippen molar-refractivity contribution in [2.45, 2.75) is 51.6 Å². The molecule has 0 bridgehead atoms. The van der Waals surface area contributed by atoms with Crippen LogP contribution in [0.15, 0.2) is 22.8 Å². The zero-order valence-electron chi connectivity index (χ0n) is 9.82. The highest BCUT2D eigenvalue weighted by atomic mass is 16.3. The first kappa shape index (κ1) is 13.0. The van der Waals surface area contributed by atoms with Crippen LogP contribution in [-0.4, -0.2) is 17.0 Å². The molecule has 0 saturated carbocycles. The van der Waals surface area contributed by atoms with E-state index in [2.05, 4.69) is 6.92 Å². The van der Waals surface area contributed by atoms with Crippen molar-refractivity contribution in [3.8, 4) is 0 Å². The van der Waals surface area contributed by atoms with Crippen LogP contribution in [0.1, 0.15) is 56.0 Å². The topological polar surface area (TPSA) is 50.4 Å². The molecular formula is C13H20O3. The van der Waals surface area contributed by atoms with E-state index in [0.29, 0.717) is 12.2 Å². The fourth-order valence-corrected chi connectivity index (χ4v) is 1.66. The van der Waals surface area contributed by atoms with Gasteiger partial charge in [-0.2, -0.15) is 0 Å². The van der Waals surface area contributed by atoms with Crippen LogP contribution in [0.3, 0.4) is 0 Å². The van der Waals surface area contributed by atoms with Crippen molar-refractivity contribution in [3.63, 3.8) is 0 Å². The van der Waals surface area contributed by atoms with E-state index in [4.69, 9.17) is 4.42 Å². The van der Waals surface area contributed by atoms with Gasteiger partial charge in [0.2, 0.25) is 5.78 Å². The Morgan fingerprint density at radius 1 is 1.44 bits per heavy atom. The molecule has 1 atom stereocenters. The van der Waals surface area contributed by atoms with Crippen molar-refractivity contribution in [2.24, 2.45) is 0 Å². The summed E-state index contributed by atoms with van der Waals surface area (Å²) in [5, 5.41) is 9.66. The Morgan fingerprint density at radius 3 is 2.88 bits per heavy atom. The summed E-state index contributed by atoms with van der Waals surface area (Å²) in [5.74, 6) is 0.223. The number of furan rings is 1. The molecular weight excluding hydrogens is 204 g/mol. The zero-order chi connectivity index (χ0) is 11.8. The number of ketones is 1. The van der Waals surface area contributed by atoms with E-state index in [1.807, 2.05) is 0 Å². The van der Waals surface area contributed by atoms with Gasteiger partial charge in [-0.05, 0) is 18.6 Å². The van der Waals surface area contributed by atoms with Gasteiger partial charge in [0.25, 0.3) is 0 Å². The molecule has 3 nitrogen and oxygen atoms in total. The fraction of sp³-hybridized carbons (Fsp3) is 0.615. The molecule has 3 heteroatoms. The van der Waals surface area contributed by atoms with E-state index in [1.54, 1.807) is 12.1 Å². The summed E-state index contributed by atoms with van der Waals surface area (Å²) in [6, 6.07) is 3.31. The van der Waals surface area contributed by atoms with E-state index in [-0.39, 0.29) is 12.2 Å². The molecule has 1 unspecified atom stereocenters. The van der Waals surface area contributed by atoms with Gasteiger partial charge in [0.1, 0.15) is 0 Å². The molecule has 1 heterocycles. The van der Waals surface area contributed by atoms with Crippen LogP contribution < -0.4 is 0 Å². The third kappa shape index (κ3) is 4.62. The Kier molecular flexibility index (Phi) is 5.86. The minimum Gasteiger partial charge on any atom is -0.461 e. The van der Waals surface area contributed by atoms with Crippen LogP contribution in [-0.2, 0) is 0 Å². The highest BCUT2D eigenvalue weighted by Crippen LogP contribution is 2.11. The first-order chi connectivity index (χ1) is 7.74. The highest BCUT2D eigenvalue weighted by molar-refractivity contribution is 5.93. The van der Waals surface area contributed by atoms with Gasteiger partial charge in [-0.1, -0.05) is 32.6 Å². The average Bonchev–Trinajstić information content (AvgIpc) is 2.77. The Bertz CT molecular complexity index is 290. The van der Waals surface area contributed by atoms with Crippen molar-refractivity contribution >= 4 is 5.78 Å². The second-order valence-electron chi connectivity index (χ2n) is 4.11. The maximum absolute atomic E-state index is 11.6. The lowest BCUT2D eigenvalue weighted by Crippen LogP contribution is -2.13. The van der Waals surface area contributed by atoms with Crippen molar-refractivity contribution in [3.05, 3.63) is 24.2 Å². The number of unbranched alkanes of at least 4 members (excludes halogenated alkanes) is 3. The first-order valence-electron chi connectivity index (χ1n) is 5.98. The van der Waals surface area contributed by atoms with Crippen molar-refractivity contribution in [1.82, 2.24) is 0 Å². The molecule has 0 fully saturated rings. The zero-order valence-corrected chi connectivity index (χ0v) is 9.82. The third-order valence-electron chi connectivity index (χ3n) is 2.61. The highest BCUT2D eigenvalue weighted by Gasteiger charge is 2.14. The fourth-order valence-electron chi connectivity index (χ4n) is 1.66. The van der Waals surface area contributed by atoms with Gasteiger partial charge >= 0.3 is 0 Å². The van der Waals surface area contributed by atoms with Gasteiger partial charge < -0.3 is 9.52 Å². The van der Waals surface area contributed by atoms with Crippen LogP contribution >= 0.6 is 0 Å². The van der Waals surface area contributed by atoms with E-state index < -0.39 is 6.10 Å². The lowest BCUT2D eigenvalue weighted by Gasteiger charge is -2.08. The largest absolute Gasteiger partial charge is 0.461 e. The molecule has 0 aliphatic carbocycles. The Labute approximate surface area is 96.5 Å². The molecule has 0 aliphatic rings. The van der Waals surface area contributed by atoms with Gasteiger partial charge in [0, 0.05) is 6.42 Å². The van der Waals surface area contributed by atoms with Crippen LogP contribution in [0.5, 0.6) is 0 Å². The second kappa shape index (κ2) is 7.23. The SMILES string of the molecule is CCCCCCC(O)CC(=O)c1ccco1. The number of carbonyl (C=O) groups excluding carboxylic acids is 1. The maximum Gasteiger partial charge on any atom is 0.200 e. The minimum atomic E-state index is -0.533. The predicted molar refractivity (Wildman–Crippen MR) is 62.4 cm³/mol. The molecule has 1 rings (SSSR count). The molecule has 1 N–H and O–H groups in total. The van der Waals surface area contributed by atoms with E-state index >= 15 is 0 Å². The minimum absolute atomic E-state index is 0.118. The lowest BCUT2D eigenvalue weighted by molar-refractivity contribution is 0.0837. The summed E-state index contributed by atoms with van der Waals surface area (Å²) in [6.07, 6.45) is 6.30.